The molecule has 8 aromatic carbocycles. The van der Waals surface area contributed by atoms with E-state index in [2.05, 4.69) is 216 Å². The van der Waals surface area contributed by atoms with Crippen molar-refractivity contribution in [2.24, 2.45) is 0 Å². The molecule has 2 aromatic heterocycles. The molecule has 2 heterocycles. The fourth-order valence-electron chi connectivity index (χ4n) is 7.97. The van der Waals surface area contributed by atoms with Gasteiger partial charge in [-0.1, -0.05) is 146 Å². The highest BCUT2D eigenvalue weighted by Gasteiger charge is 2.14. The van der Waals surface area contributed by atoms with Crippen LogP contribution < -0.4 is 0 Å². The summed E-state index contributed by atoms with van der Waals surface area (Å²) in [5.41, 5.74) is 15.7. The largest absolute Gasteiger partial charge is 0.309 e. The SMILES string of the molecule is Cc1cccc(-n2c3ccccc3c3cc(-c4ccc(/C=C/c5ccc(-c6ccc(-n7c8ccccc8c8ccccc87)cc6)cc5)cc4)ccc32)c1. The van der Waals surface area contributed by atoms with Crippen molar-refractivity contribution in [3.05, 3.63) is 205 Å². The predicted molar refractivity (Wildman–Crippen MR) is 226 cm³/mol. The molecular weight excluding hydrogens is 641 g/mol. The van der Waals surface area contributed by atoms with Crippen molar-refractivity contribution in [2.45, 2.75) is 6.92 Å². The summed E-state index contributed by atoms with van der Waals surface area (Å²) in [5, 5.41) is 5.10. The maximum Gasteiger partial charge on any atom is 0.0541 e. The van der Waals surface area contributed by atoms with Crippen LogP contribution in [0.3, 0.4) is 0 Å². The van der Waals surface area contributed by atoms with Crippen LogP contribution in [0.15, 0.2) is 188 Å². The van der Waals surface area contributed by atoms with Crippen LogP contribution in [0.4, 0.5) is 0 Å². The Kier molecular flexibility index (Phi) is 7.40. The number of para-hydroxylation sites is 3. The van der Waals surface area contributed by atoms with Crippen molar-refractivity contribution < 1.29 is 0 Å². The molecule has 0 spiro atoms. The monoisotopic (exact) mass is 676 g/mol. The Bertz CT molecular complexity index is 2920. The second kappa shape index (κ2) is 12.7. The van der Waals surface area contributed by atoms with Gasteiger partial charge in [0.25, 0.3) is 0 Å². The molecule has 0 atom stereocenters. The van der Waals surface area contributed by atoms with E-state index in [0.717, 1.165) is 0 Å². The van der Waals surface area contributed by atoms with Crippen LogP contribution in [-0.2, 0) is 0 Å². The maximum absolute atomic E-state index is 2.38. The van der Waals surface area contributed by atoms with Gasteiger partial charge in [-0.3, -0.25) is 0 Å². The minimum absolute atomic E-state index is 1.17. The summed E-state index contributed by atoms with van der Waals surface area (Å²) in [6.07, 6.45) is 4.38. The molecule has 10 rings (SSSR count). The summed E-state index contributed by atoms with van der Waals surface area (Å²) in [6.45, 7) is 2.15. The molecule has 0 aliphatic heterocycles. The van der Waals surface area contributed by atoms with Crippen molar-refractivity contribution in [3.63, 3.8) is 0 Å². The minimum Gasteiger partial charge on any atom is -0.309 e. The quantitative estimate of drug-likeness (QED) is 0.155. The van der Waals surface area contributed by atoms with Crippen LogP contribution >= 0.6 is 0 Å². The average molecular weight is 677 g/mol. The minimum atomic E-state index is 1.17. The zero-order valence-corrected chi connectivity index (χ0v) is 29.4. The topological polar surface area (TPSA) is 9.86 Å². The Morgan fingerprint density at radius 1 is 0.321 bits per heavy atom. The van der Waals surface area contributed by atoms with E-state index in [1.54, 1.807) is 0 Å². The molecule has 0 aliphatic carbocycles. The van der Waals surface area contributed by atoms with E-state index in [9.17, 15) is 0 Å². The third-order valence-corrected chi connectivity index (χ3v) is 10.6. The number of aryl methyl sites for hydroxylation is 1. The summed E-state index contributed by atoms with van der Waals surface area (Å²) in [6, 6.07) is 68.2. The van der Waals surface area contributed by atoms with E-state index in [-0.39, 0.29) is 0 Å². The number of hydrogen-bond donors (Lipinski definition) is 0. The van der Waals surface area contributed by atoms with Gasteiger partial charge in [0, 0.05) is 32.9 Å². The van der Waals surface area contributed by atoms with Crippen molar-refractivity contribution >= 4 is 55.8 Å². The first-order chi connectivity index (χ1) is 26.2. The molecule has 10 aromatic rings. The Morgan fingerprint density at radius 2 is 0.755 bits per heavy atom. The van der Waals surface area contributed by atoms with Gasteiger partial charge in [0.05, 0.1) is 22.1 Å². The van der Waals surface area contributed by atoms with E-state index >= 15 is 0 Å². The van der Waals surface area contributed by atoms with Gasteiger partial charge in [0.2, 0.25) is 0 Å². The van der Waals surface area contributed by atoms with Crippen molar-refractivity contribution in [1.82, 2.24) is 9.13 Å². The molecule has 0 saturated carbocycles. The normalized spacial score (nSPS) is 11.8. The van der Waals surface area contributed by atoms with E-state index in [1.165, 1.54) is 93.9 Å². The van der Waals surface area contributed by atoms with Gasteiger partial charge in [-0.2, -0.15) is 0 Å². The highest BCUT2D eigenvalue weighted by molar-refractivity contribution is 6.11. The van der Waals surface area contributed by atoms with Crippen LogP contribution in [0.2, 0.25) is 0 Å². The highest BCUT2D eigenvalue weighted by Crippen LogP contribution is 2.36. The van der Waals surface area contributed by atoms with Gasteiger partial charge in [-0.15, -0.1) is 0 Å². The summed E-state index contributed by atoms with van der Waals surface area (Å²) in [7, 11) is 0. The fraction of sp³-hybridized carbons (Fsp3) is 0.0196. The molecule has 0 amide bonds. The molecule has 0 aliphatic rings. The summed E-state index contributed by atoms with van der Waals surface area (Å²) < 4.78 is 4.74. The molecule has 0 N–H and O–H groups in total. The second-order valence-corrected chi connectivity index (χ2v) is 13.9. The third-order valence-electron chi connectivity index (χ3n) is 10.6. The van der Waals surface area contributed by atoms with Gasteiger partial charge in [0.1, 0.15) is 0 Å². The zero-order chi connectivity index (χ0) is 35.3. The molecule has 2 nitrogen and oxygen atoms in total. The van der Waals surface area contributed by atoms with Crippen molar-refractivity contribution in [2.75, 3.05) is 0 Å². The summed E-state index contributed by atoms with van der Waals surface area (Å²) >= 11 is 0. The lowest BCUT2D eigenvalue weighted by Gasteiger charge is -2.09. The number of benzene rings is 8. The molecule has 53 heavy (non-hydrogen) atoms. The Labute approximate surface area is 309 Å². The summed E-state index contributed by atoms with van der Waals surface area (Å²) in [5.74, 6) is 0. The number of rotatable bonds is 6. The summed E-state index contributed by atoms with van der Waals surface area (Å²) in [4.78, 5) is 0. The Hall–Kier alpha value is -6.90. The first-order valence-corrected chi connectivity index (χ1v) is 18.3. The molecule has 250 valence electrons. The van der Waals surface area contributed by atoms with Crippen LogP contribution in [0.5, 0.6) is 0 Å². The van der Waals surface area contributed by atoms with E-state index in [0.29, 0.717) is 0 Å². The lowest BCUT2D eigenvalue weighted by Crippen LogP contribution is -1.94. The molecule has 0 fully saturated rings. The molecule has 0 saturated heterocycles. The number of hydrogen-bond acceptors (Lipinski definition) is 0. The standard InChI is InChI=1S/C51H36N2/c1-35-9-8-10-43(33-35)53-50-16-7-4-13-46(50)47-34-41(29-32-51(47)53)40-25-21-37(22-26-40)18-17-36-19-23-38(24-20-36)39-27-30-42(31-28-39)52-48-14-5-2-11-44(48)45-12-3-6-15-49(45)52/h2-34H,1H3/b18-17+. The first-order valence-electron chi connectivity index (χ1n) is 18.3. The Morgan fingerprint density at radius 3 is 1.30 bits per heavy atom. The molecular formula is C51H36N2. The lowest BCUT2D eigenvalue weighted by molar-refractivity contribution is 1.17. The van der Waals surface area contributed by atoms with Crippen LogP contribution in [0, 0.1) is 6.92 Å². The fourth-order valence-corrected chi connectivity index (χ4v) is 7.97. The van der Waals surface area contributed by atoms with E-state index in [4.69, 9.17) is 0 Å². The van der Waals surface area contributed by atoms with Gasteiger partial charge in [0.15, 0.2) is 0 Å². The predicted octanol–water partition coefficient (Wildman–Crippen LogP) is 13.7. The smallest absolute Gasteiger partial charge is 0.0541 e. The van der Waals surface area contributed by atoms with Crippen molar-refractivity contribution in [3.8, 4) is 33.6 Å². The Balaban J connectivity index is 0.875. The van der Waals surface area contributed by atoms with Gasteiger partial charge in [-0.25, -0.2) is 0 Å². The number of fused-ring (bicyclic) bond motifs is 6. The van der Waals surface area contributed by atoms with E-state index < -0.39 is 0 Å². The van der Waals surface area contributed by atoms with E-state index in [1.807, 2.05) is 0 Å². The number of aromatic nitrogens is 2. The molecule has 0 radical (unpaired) electrons. The average Bonchev–Trinajstić information content (AvgIpc) is 3.73. The van der Waals surface area contributed by atoms with Gasteiger partial charge < -0.3 is 9.13 Å². The lowest BCUT2D eigenvalue weighted by atomic mass is 10.0. The highest BCUT2D eigenvalue weighted by atomic mass is 15.0. The molecule has 0 bridgehead atoms. The molecule has 0 unspecified atom stereocenters. The molecule has 2 heteroatoms. The maximum atomic E-state index is 2.38. The van der Waals surface area contributed by atoms with Crippen LogP contribution in [0.25, 0.3) is 89.4 Å². The van der Waals surface area contributed by atoms with Crippen molar-refractivity contribution in [1.29, 1.82) is 0 Å². The van der Waals surface area contributed by atoms with Gasteiger partial charge >= 0.3 is 0 Å². The number of nitrogens with zero attached hydrogens (tertiary/aromatic N) is 2. The first kappa shape index (κ1) is 30.9. The van der Waals surface area contributed by atoms with Gasteiger partial charge in [-0.05, 0) is 100 Å². The van der Waals surface area contributed by atoms with Crippen LogP contribution in [0.1, 0.15) is 16.7 Å². The van der Waals surface area contributed by atoms with Crippen LogP contribution in [-0.4, -0.2) is 9.13 Å². The third kappa shape index (κ3) is 5.44. The zero-order valence-electron chi connectivity index (χ0n) is 29.4. The second-order valence-electron chi connectivity index (χ2n) is 13.9.